The Kier molecular flexibility index (Phi) is 2.63. The van der Waals surface area contributed by atoms with Gasteiger partial charge in [0.15, 0.2) is 0 Å². The van der Waals surface area contributed by atoms with Crippen molar-refractivity contribution >= 4 is 11.7 Å². The van der Waals surface area contributed by atoms with E-state index in [0.717, 1.165) is 38.3 Å². The summed E-state index contributed by atoms with van der Waals surface area (Å²) in [5.74, 6) is 1.10. The summed E-state index contributed by atoms with van der Waals surface area (Å²) >= 11 is 0. The van der Waals surface area contributed by atoms with Gasteiger partial charge in [-0.3, -0.25) is 9.79 Å². The standard InChI is InChI=1S/C12H18N4O/c13-11(17)10-3-2-8-6-9-7-14-4-1-5-16(9)12(8)15-10/h2-3,8-10,14H,1,4-7H2,(H2,13,17). The van der Waals surface area contributed by atoms with Crippen LogP contribution in [0.5, 0.6) is 0 Å². The molecule has 92 valence electrons. The number of carbonyl (C=O) groups is 1. The van der Waals surface area contributed by atoms with E-state index < -0.39 is 6.04 Å². The molecular formula is C12H18N4O. The summed E-state index contributed by atoms with van der Waals surface area (Å²) in [7, 11) is 0. The molecule has 3 aliphatic rings. The van der Waals surface area contributed by atoms with Crippen LogP contribution in [0, 0.1) is 5.92 Å². The van der Waals surface area contributed by atoms with Gasteiger partial charge in [0.1, 0.15) is 11.9 Å². The van der Waals surface area contributed by atoms with E-state index in [9.17, 15) is 4.79 Å². The zero-order chi connectivity index (χ0) is 11.8. The lowest BCUT2D eigenvalue weighted by molar-refractivity contribution is -0.118. The van der Waals surface area contributed by atoms with E-state index in [4.69, 9.17) is 5.73 Å². The number of hydrogen-bond acceptors (Lipinski definition) is 4. The Bertz CT molecular complexity index is 390. The van der Waals surface area contributed by atoms with E-state index in [0.29, 0.717) is 12.0 Å². The van der Waals surface area contributed by atoms with Crippen molar-refractivity contribution in [1.29, 1.82) is 0 Å². The summed E-state index contributed by atoms with van der Waals surface area (Å²) in [6, 6.07) is 0.0636. The maximum absolute atomic E-state index is 11.2. The minimum atomic E-state index is -0.462. The van der Waals surface area contributed by atoms with Crippen LogP contribution in [0.2, 0.25) is 0 Å². The molecule has 2 saturated heterocycles. The molecule has 1 amide bonds. The molecule has 3 N–H and O–H groups in total. The number of amidine groups is 1. The van der Waals surface area contributed by atoms with Gasteiger partial charge in [-0.25, -0.2) is 0 Å². The van der Waals surface area contributed by atoms with Crippen molar-refractivity contribution in [3.8, 4) is 0 Å². The monoisotopic (exact) mass is 234 g/mol. The molecule has 3 rings (SSSR count). The van der Waals surface area contributed by atoms with Crippen LogP contribution in [0.1, 0.15) is 12.8 Å². The number of primary amides is 1. The molecule has 3 aliphatic heterocycles. The van der Waals surface area contributed by atoms with E-state index >= 15 is 0 Å². The predicted molar refractivity (Wildman–Crippen MR) is 65.6 cm³/mol. The SMILES string of the molecule is NC(=O)C1C=CC2CC3CNCCCN3C2=N1. The molecule has 3 heterocycles. The van der Waals surface area contributed by atoms with Gasteiger partial charge in [-0.2, -0.15) is 0 Å². The third-order valence-corrected chi connectivity index (χ3v) is 3.81. The highest BCUT2D eigenvalue weighted by molar-refractivity contribution is 5.94. The fraction of sp³-hybridized carbons (Fsp3) is 0.667. The number of aliphatic imine (C=N–C) groups is 1. The van der Waals surface area contributed by atoms with E-state index in [-0.39, 0.29) is 5.91 Å². The Morgan fingerprint density at radius 1 is 1.53 bits per heavy atom. The smallest absolute Gasteiger partial charge is 0.246 e. The van der Waals surface area contributed by atoms with Crippen LogP contribution in [0.15, 0.2) is 17.1 Å². The minimum absolute atomic E-state index is 0.358. The van der Waals surface area contributed by atoms with Crippen LogP contribution in [-0.4, -0.2) is 48.4 Å². The summed E-state index contributed by atoms with van der Waals surface area (Å²) in [5, 5.41) is 3.45. The number of nitrogens with zero attached hydrogens (tertiary/aromatic N) is 2. The van der Waals surface area contributed by atoms with Crippen molar-refractivity contribution in [1.82, 2.24) is 10.2 Å². The Morgan fingerprint density at radius 3 is 3.24 bits per heavy atom. The maximum atomic E-state index is 11.2. The fourth-order valence-electron chi connectivity index (χ4n) is 2.98. The van der Waals surface area contributed by atoms with Crippen molar-refractivity contribution in [2.45, 2.75) is 24.9 Å². The van der Waals surface area contributed by atoms with Crippen molar-refractivity contribution in [2.24, 2.45) is 16.6 Å². The molecule has 2 fully saturated rings. The average Bonchev–Trinajstić information content (AvgIpc) is 2.51. The van der Waals surface area contributed by atoms with Crippen LogP contribution in [0.25, 0.3) is 0 Å². The molecule has 5 heteroatoms. The lowest BCUT2D eigenvalue weighted by Gasteiger charge is -2.26. The van der Waals surface area contributed by atoms with Crippen LogP contribution in [0.4, 0.5) is 0 Å². The van der Waals surface area contributed by atoms with Crippen molar-refractivity contribution < 1.29 is 4.79 Å². The predicted octanol–water partition coefficient (Wildman–Crippen LogP) is -0.508. The first kappa shape index (κ1) is 10.8. The number of hydrogen-bond donors (Lipinski definition) is 2. The molecule has 0 radical (unpaired) electrons. The second-order valence-electron chi connectivity index (χ2n) is 4.97. The molecule has 0 aromatic rings. The van der Waals surface area contributed by atoms with Crippen molar-refractivity contribution in [2.75, 3.05) is 19.6 Å². The van der Waals surface area contributed by atoms with Gasteiger partial charge >= 0.3 is 0 Å². The normalized spacial score (nSPS) is 35.9. The lowest BCUT2D eigenvalue weighted by Crippen LogP contribution is -2.39. The summed E-state index contributed by atoms with van der Waals surface area (Å²) in [6.07, 6.45) is 6.18. The van der Waals surface area contributed by atoms with Crippen LogP contribution >= 0.6 is 0 Å². The summed E-state index contributed by atoms with van der Waals surface area (Å²) < 4.78 is 0. The number of carbonyl (C=O) groups excluding carboxylic acids is 1. The van der Waals surface area contributed by atoms with E-state index in [1.54, 1.807) is 0 Å². The molecule has 5 nitrogen and oxygen atoms in total. The molecule has 0 aromatic heterocycles. The third-order valence-electron chi connectivity index (χ3n) is 3.81. The Hall–Kier alpha value is -1.36. The molecule has 17 heavy (non-hydrogen) atoms. The summed E-state index contributed by atoms with van der Waals surface area (Å²) in [4.78, 5) is 18.1. The Morgan fingerprint density at radius 2 is 2.41 bits per heavy atom. The van der Waals surface area contributed by atoms with Gasteiger partial charge < -0.3 is 16.0 Å². The molecule has 0 saturated carbocycles. The minimum Gasteiger partial charge on any atom is -0.368 e. The van der Waals surface area contributed by atoms with Gasteiger partial charge in [0.05, 0.1) is 0 Å². The number of fused-ring (bicyclic) bond motifs is 3. The highest BCUT2D eigenvalue weighted by atomic mass is 16.1. The van der Waals surface area contributed by atoms with Gasteiger partial charge in [-0.05, 0) is 19.4 Å². The lowest BCUT2D eigenvalue weighted by atomic mass is 10.0. The van der Waals surface area contributed by atoms with Crippen LogP contribution in [0.3, 0.4) is 0 Å². The first-order chi connectivity index (χ1) is 8.25. The van der Waals surface area contributed by atoms with Crippen LogP contribution < -0.4 is 11.1 Å². The largest absolute Gasteiger partial charge is 0.368 e. The average molecular weight is 234 g/mol. The van der Waals surface area contributed by atoms with Gasteiger partial charge in [0, 0.05) is 25.0 Å². The van der Waals surface area contributed by atoms with E-state index in [2.05, 4.69) is 21.3 Å². The molecule has 3 unspecified atom stereocenters. The zero-order valence-corrected chi connectivity index (χ0v) is 9.80. The number of dihydropyridines is 1. The maximum Gasteiger partial charge on any atom is 0.246 e. The first-order valence-corrected chi connectivity index (χ1v) is 6.28. The van der Waals surface area contributed by atoms with Crippen molar-refractivity contribution in [3.63, 3.8) is 0 Å². The molecule has 0 aliphatic carbocycles. The van der Waals surface area contributed by atoms with Crippen molar-refractivity contribution in [3.05, 3.63) is 12.2 Å². The molecule has 0 spiro atoms. The molecule has 3 atom stereocenters. The molecule has 0 aromatic carbocycles. The zero-order valence-electron chi connectivity index (χ0n) is 9.80. The Balaban J connectivity index is 1.86. The number of rotatable bonds is 1. The second-order valence-corrected chi connectivity index (χ2v) is 4.97. The van der Waals surface area contributed by atoms with Gasteiger partial charge in [0.2, 0.25) is 5.91 Å². The molecule has 0 bridgehead atoms. The fourth-order valence-corrected chi connectivity index (χ4v) is 2.98. The summed E-state index contributed by atoms with van der Waals surface area (Å²) in [6.45, 7) is 3.12. The van der Waals surface area contributed by atoms with Gasteiger partial charge in [-0.1, -0.05) is 12.2 Å². The highest BCUT2D eigenvalue weighted by Crippen LogP contribution is 2.30. The van der Waals surface area contributed by atoms with Crippen LogP contribution in [-0.2, 0) is 4.79 Å². The summed E-state index contributed by atoms with van der Waals surface area (Å²) in [5.41, 5.74) is 5.32. The quantitative estimate of drug-likeness (QED) is 0.600. The van der Waals surface area contributed by atoms with Gasteiger partial charge in [-0.15, -0.1) is 0 Å². The Labute approximate surface area is 101 Å². The third kappa shape index (κ3) is 1.84. The highest BCUT2D eigenvalue weighted by Gasteiger charge is 2.38. The number of amides is 1. The number of nitrogens with two attached hydrogens (primary N) is 1. The van der Waals surface area contributed by atoms with E-state index in [1.165, 1.54) is 0 Å². The topological polar surface area (TPSA) is 70.7 Å². The number of nitrogens with one attached hydrogen (secondary N) is 1. The molecular weight excluding hydrogens is 216 g/mol. The first-order valence-electron chi connectivity index (χ1n) is 6.28. The second kappa shape index (κ2) is 4.14. The van der Waals surface area contributed by atoms with Gasteiger partial charge in [0.25, 0.3) is 0 Å². The van der Waals surface area contributed by atoms with E-state index in [1.807, 2.05) is 6.08 Å².